The highest BCUT2D eigenvalue weighted by Crippen LogP contribution is 2.17. The highest BCUT2D eigenvalue weighted by atomic mass is 33.1. The average Bonchev–Trinajstić information content (AvgIpc) is 2.66. The second-order valence-corrected chi connectivity index (χ2v) is 7.39. The Bertz CT molecular complexity index is 195. The van der Waals surface area contributed by atoms with Gasteiger partial charge in [-0.1, -0.05) is 38.0 Å². The van der Waals surface area contributed by atoms with E-state index in [2.05, 4.69) is 6.92 Å². The SMILES string of the molecule is CCCCC(=O)C(C)C.O=S1CCCS1. The summed E-state index contributed by atoms with van der Waals surface area (Å²) in [6, 6.07) is 0. The van der Waals surface area contributed by atoms with Gasteiger partial charge in [0.05, 0.1) is 9.83 Å². The summed E-state index contributed by atoms with van der Waals surface area (Å²) < 4.78 is 10.3. The highest BCUT2D eigenvalue weighted by Gasteiger charge is 2.06. The van der Waals surface area contributed by atoms with Crippen molar-refractivity contribution in [3.05, 3.63) is 0 Å². The van der Waals surface area contributed by atoms with Gasteiger partial charge in [-0.15, -0.1) is 0 Å². The number of Topliss-reactive ketones (excluding diaryl/α,β-unsaturated/α-hetero) is 1. The van der Waals surface area contributed by atoms with Crippen LogP contribution in [0.4, 0.5) is 0 Å². The third-order valence-electron chi connectivity index (χ3n) is 2.09. The summed E-state index contributed by atoms with van der Waals surface area (Å²) in [5, 5.41) is 0. The van der Waals surface area contributed by atoms with E-state index in [1.54, 1.807) is 10.8 Å². The molecule has 1 aliphatic rings. The van der Waals surface area contributed by atoms with Crippen LogP contribution in [0.15, 0.2) is 0 Å². The molecule has 0 aliphatic carbocycles. The van der Waals surface area contributed by atoms with Gasteiger partial charge in [0.1, 0.15) is 5.78 Å². The first-order valence-corrected chi connectivity index (χ1v) is 8.44. The molecule has 1 unspecified atom stereocenters. The molecule has 0 aromatic rings. The first kappa shape index (κ1) is 15.2. The van der Waals surface area contributed by atoms with Crippen LogP contribution < -0.4 is 0 Å². The molecule has 1 atom stereocenters. The number of hydrogen-bond acceptors (Lipinski definition) is 3. The van der Waals surface area contributed by atoms with Crippen LogP contribution in [0.2, 0.25) is 0 Å². The Balaban J connectivity index is 0.000000280. The minimum absolute atomic E-state index is 0.233. The van der Waals surface area contributed by atoms with Gasteiger partial charge >= 0.3 is 0 Å². The Hall–Kier alpha value is 0.170. The molecule has 0 radical (unpaired) electrons. The molecule has 0 amide bonds. The summed E-state index contributed by atoms with van der Waals surface area (Å²) in [6.07, 6.45) is 4.10. The molecule has 0 spiro atoms. The van der Waals surface area contributed by atoms with E-state index in [4.69, 9.17) is 0 Å². The van der Waals surface area contributed by atoms with E-state index >= 15 is 0 Å². The smallest absolute Gasteiger partial charge is 0.135 e. The maximum atomic E-state index is 10.9. The molecule has 0 N–H and O–H groups in total. The van der Waals surface area contributed by atoms with Crippen LogP contribution in [-0.2, 0) is 14.6 Å². The molecule has 1 saturated heterocycles. The molecular weight excluding hydrogens is 228 g/mol. The fourth-order valence-corrected chi connectivity index (χ4v) is 3.77. The van der Waals surface area contributed by atoms with Gasteiger partial charge in [-0.2, -0.15) is 0 Å². The molecule has 2 nitrogen and oxygen atoms in total. The van der Waals surface area contributed by atoms with Crippen molar-refractivity contribution in [1.82, 2.24) is 0 Å². The van der Waals surface area contributed by atoms with Crippen LogP contribution in [-0.4, -0.2) is 21.5 Å². The van der Waals surface area contributed by atoms with Crippen LogP contribution in [0, 0.1) is 5.92 Å². The maximum Gasteiger partial charge on any atom is 0.135 e. The van der Waals surface area contributed by atoms with Gasteiger partial charge in [0.15, 0.2) is 0 Å². The fraction of sp³-hybridized carbons (Fsp3) is 0.909. The first-order chi connectivity index (χ1) is 7.07. The van der Waals surface area contributed by atoms with E-state index in [1.165, 1.54) is 0 Å². The molecule has 0 saturated carbocycles. The minimum Gasteiger partial charge on any atom is -0.299 e. The Kier molecular flexibility index (Phi) is 9.51. The molecule has 1 rings (SSSR count). The number of hydrogen-bond donors (Lipinski definition) is 0. The highest BCUT2D eigenvalue weighted by molar-refractivity contribution is 8.69. The predicted octanol–water partition coefficient (Wildman–Crippen LogP) is 3.19. The molecule has 1 heterocycles. The van der Waals surface area contributed by atoms with Crippen LogP contribution in [0.25, 0.3) is 0 Å². The Labute approximate surface area is 99.4 Å². The van der Waals surface area contributed by atoms with E-state index < -0.39 is 9.83 Å². The molecule has 0 aromatic heterocycles. The number of unbranched alkanes of at least 4 members (excludes halogenated alkanes) is 1. The first-order valence-electron chi connectivity index (χ1n) is 5.62. The lowest BCUT2D eigenvalue weighted by atomic mass is 10.0. The molecule has 0 bridgehead atoms. The fourth-order valence-electron chi connectivity index (χ4n) is 1.03. The third kappa shape index (κ3) is 9.12. The normalized spacial score (nSPS) is 19.9. The summed E-state index contributed by atoms with van der Waals surface area (Å²) in [6.45, 7) is 6.02. The van der Waals surface area contributed by atoms with Crippen molar-refractivity contribution >= 4 is 26.4 Å². The largest absolute Gasteiger partial charge is 0.299 e. The summed E-state index contributed by atoms with van der Waals surface area (Å²) >= 11 is 0. The third-order valence-corrected chi connectivity index (χ3v) is 5.22. The van der Waals surface area contributed by atoms with E-state index in [1.807, 2.05) is 13.8 Å². The van der Waals surface area contributed by atoms with Gasteiger partial charge in [-0.05, 0) is 12.8 Å². The van der Waals surface area contributed by atoms with Crippen LogP contribution in [0.1, 0.15) is 46.5 Å². The summed E-state index contributed by atoms with van der Waals surface area (Å²) in [4.78, 5) is 10.9. The van der Waals surface area contributed by atoms with Gasteiger partial charge in [-0.3, -0.25) is 4.79 Å². The lowest BCUT2D eigenvalue weighted by Gasteiger charge is -2.00. The van der Waals surface area contributed by atoms with Crippen LogP contribution in [0.5, 0.6) is 0 Å². The lowest BCUT2D eigenvalue weighted by Crippen LogP contribution is -2.05. The van der Waals surface area contributed by atoms with Crippen molar-refractivity contribution in [1.29, 1.82) is 0 Å². The zero-order chi connectivity index (χ0) is 11.7. The predicted molar refractivity (Wildman–Crippen MR) is 69.5 cm³/mol. The van der Waals surface area contributed by atoms with Crippen molar-refractivity contribution < 1.29 is 9.00 Å². The van der Waals surface area contributed by atoms with Gasteiger partial charge in [0.2, 0.25) is 0 Å². The van der Waals surface area contributed by atoms with Gasteiger partial charge in [-0.25, -0.2) is 4.21 Å². The standard InChI is InChI=1S/C8H16O.C3H6OS2/c1-4-5-6-8(9)7(2)3;4-6-3-1-2-5-6/h7H,4-6H2,1-3H3;1-3H2. The molecule has 90 valence electrons. The van der Waals surface area contributed by atoms with Crippen molar-refractivity contribution in [3.63, 3.8) is 0 Å². The number of ketones is 1. The lowest BCUT2D eigenvalue weighted by molar-refractivity contribution is -0.121. The Morgan fingerprint density at radius 2 is 2.13 bits per heavy atom. The number of carbonyl (C=O) groups excluding carboxylic acids is 1. The van der Waals surface area contributed by atoms with Gasteiger partial charge in [0.25, 0.3) is 0 Å². The van der Waals surface area contributed by atoms with Crippen molar-refractivity contribution in [3.8, 4) is 0 Å². The zero-order valence-corrected chi connectivity index (χ0v) is 11.6. The Morgan fingerprint density at radius 3 is 2.40 bits per heavy atom. The molecular formula is C11H22O2S2. The number of rotatable bonds is 4. The van der Waals surface area contributed by atoms with Crippen molar-refractivity contribution in [2.75, 3.05) is 11.5 Å². The van der Waals surface area contributed by atoms with E-state index in [0.29, 0.717) is 5.78 Å². The second-order valence-electron chi connectivity index (χ2n) is 3.91. The van der Waals surface area contributed by atoms with Gasteiger partial charge < -0.3 is 0 Å². The molecule has 0 aromatic carbocycles. The molecule has 1 aliphatic heterocycles. The minimum atomic E-state index is -0.506. The summed E-state index contributed by atoms with van der Waals surface area (Å²) in [5.74, 6) is 2.66. The molecule has 4 heteroatoms. The summed E-state index contributed by atoms with van der Waals surface area (Å²) in [5.41, 5.74) is 0. The van der Waals surface area contributed by atoms with Crippen molar-refractivity contribution in [2.45, 2.75) is 46.5 Å². The molecule has 1 fully saturated rings. The second kappa shape index (κ2) is 9.40. The van der Waals surface area contributed by atoms with Crippen LogP contribution >= 0.6 is 10.8 Å². The van der Waals surface area contributed by atoms with Crippen LogP contribution in [0.3, 0.4) is 0 Å². The van der Waals surface area contributed by atoms with Crippen molar-refractivity contribution in [2.24, 2.45) is 5.92 Å². The maximum absolute atomic E-state index is 10.9. The topological polar surface area (TPSA) is 34.1 Å². The van der Waals surface area contributed by atoms with E-state index in [9.17, 15) is 9.00 Å². The quantitative estimate of drug-likeness (QED) is 0.719. The van der Waals surface area contributed by atoms with Gasteiger partial charge in [0, 0.05) is 23.8 Å². The average molecular weight is 250 g/mol. The molecule has 15 heavy (non-hydrogen) atoms. The van der Waals surface area contributed by atoms with E-state index in [-0.39, 0.29) is 5.92 Å². The van der Waals surface area contributed by atoms with E-state index in [0.717, 1.165) is 37.2 Å². The zero-order valence-electron chi connectivity index (χ0n) is 9.95. The number of carbonyl (C=O) groups is 1. The summed E-state index contributed by atoms with van der Waals surface area (Å²) in [7, 11) is 1.06. The monoisotopic (exact) mass is 250 g/mol. The Morgan fingerprint density at radius 1 is 1.47 bits per heavy atom.